The van der Waals surface area contributed by atoms with Crippen LogP contribution in [0.15, 0.2) is 36.7 Å². The molecule has 2 N–H and O–H groups in total. The van der Waals surface area contributed by atoms with Crippen LogP contribution in [0, 0.1) is 5.92 Å². The number of aromatic nitrogens is 3. The fraction of sp³-hybridized carbons (Fsp3) is 0.480. The monoisotopic (exact) mass is 446 g/mol. The van der Waals surface area contributed by atoms with Crippen molar-refractivity contribution in [2.75, 3.05) is 37.6 Å². The first kappa shape index (κ1) is 20.5. The number of benzene rings is 1. The van der Waals surface area contributed by atoms with Crippen LogP contribution in [0.25, 0.3) is 22.3 Å². The maximum absolute atomic E-state index is 11.7. The lowest BCUT2D eigenvalue weighted by molar-refractivity contribution is -0.119. The van der Waals surface area contributed by atoms with Crippen LogP contribution < -0.4 is 20.3 Å². The van der Waals surface area contributed by atoms with Gasteiger partial charge in [-0.05, 0) is 38.0 Å². The number of piperazine rings is 1. The number of anilines is 1. The third kappa shape index (κ3) is 4.04. The molecule has 3 aliphatic rings. The van der Waals surface area contributed by atoms with Gasteiger partial charge < -0.3 is 24.8 Å². The minimum atomic E-state index is -0.118. The smallest absolute Gasteiger partial charge is 0.241 e. The summed E-state index contributed by atoms with van der Waals surface area (Å²) in [6.07, 6.45) is 4.62. The molecule has 0 radical (unpaired) electrons. The molecule has 3 aromatic rings. The second kappa shape index (κ2) is 8.33. The molecule has 172 valence electrons. The Bertz CT molecular complexity index is 1160. The normalized spacial score (nSPS) is 21.9. The van der Waals surface area contributed by atoms with Gasteiger partial charge in [0.05, 0.1) is 17.5 Å². The summed E-state index contributed by atoms with van der Waals surface area (Å²) in [4.78, 5) is 23.8. The molecule has 1 aromatic carbocycles. The Morgan fingerprint density at radius 1 is 1.15 bits per heavy atom. The number of pyridine rings is 1. The molecule has 2 aromatic heterocycles. The number of hydrogen-bond acceptors (Lipinski definition) is 6. The zero-order valence-electron chi connectivity index (χ0n) is 19.0. The zero-order valence-corrected chi connectivity index (χ0v) is 19.0. The summed E-state index contributed by atoms with van der Waals surface area (Å²) in [6.45, 7) is 6.77. The summed E-state index contributed by atoms with van der Waals surface area (Å²) in [6, 6.07) is 11.2. The van der Waals surface area contributed by atoms with E-state index in [0.717, 1.165) is 61.3 Å². The summed E-state index contributed by atoms with van der Waals surface area (Å²) < 4.78 is 8.65. The molecule has 1 amide bonds. The zero-order chi connectivity index (χ0) is 22.4. The molecule has 2 saturated heterocycles. The number of carbonyl (C=O) groups excluding carboxylic acids is 1. The Morgan fingerprint density at radius 2 is 1.94 bits per heavy atom. The van der Waals surface area contributed by atoms with Gasteiger partial charge in [0.1, 0.15) is 11.6 Å². The number of nitrogens with zero attached hydrogens (tertiary/aromatic N) is 4. The molecule has 2 aliphatic heterocycles. The third-order valence-electron chi connectivity index (χ3n) is 7.08. The van der Waals surface area contributed by atoms with Crippen LogP contribution in [-0.2, 0) is 4.79 Å². The number of carbonyl (C=O) groups is 1. The maximum Gasteiger partial charge on any atom is 0.241 e. The first-order chi connectivity index (χ1) is 16.2. The van der Waals surface area contributed by atoms with Gasteiger partial charge in [-0.15, -0.1) is 0 Å². The van der Waals surface area contributed by atoms with Crippen LogP contribution in [0.2, 0.25) is 0 Å². The van der Waals surface area contributed by atoms with Crippen molar-refractivity contribution in [3.8, 4) is 17.1 Å². The van der Waals surface area contributed by atoms with Gasteiger partial charge in [-0.1, -0.05) is 12.1 Å². The average molecular weight is 447 g/mol. The maximum atomic E-state index is 11.7. The van der Waals surface area contributed by atoms with Crippen LogP contribution in [0.1, 0.15) is 32.2 Å². The highest BCUT2D eigenvalue weighted by Crippen LogP contribution is 2.40. The predicted octanol–water partition coefficient (Wildman–Crippen LogP) is 2.75. The highest BCUT2D eigenvalue weighted by molar-refractivity contribution is 5.85. The van der Waals surface area contributed by atoms with E-state index < -0.39 is 0 Å². The summed E-state index contributed by atoms with van der Waals surface area (Å²) in [7, 11) is 0. The number of rotatable bonds is 6. The SMILES string of the molecule is C[C@@H](Oc1nc(-c2ccc(N3CCNCC3)cc2)cc2ncn(C3CC3)c12)C1CNC(=O)C1. The van der Waals surface area contributed by atoms with Crippen molar-refractivity contribution in [3.63, 3.8) is 0 Å². The first-order valence-corrected chi connectivity index (χ1v) is 12.0. The van der Waals surface area contributed by atoms with Crippen molar-refractivity contribution in [2.24, 2.45) is 5.92 Å². The molecule has 33 heavy (non-hydrogen) atoms. The molecule has 1 saturated carbocycles. The van der Waals surface area contributed by atoms with E-state index in [2.05, 4.69) is 50.4 Å². The Morgan fingerprint density at radius 3 is 2.64 bits per heavy atom. The fourth-order valence-corrected chi connectivity index (χ4v) is 4.88. The second-order valence-corrected chi connectivity index (χ2v) is 9.44. The lowest BCUT2D eigenvalue weighted by Crippen LogP contribution is -2.43. The Hall–Kier alpha value is -3.13. The van der Waals surface area contributed by atoms with Gasteiger partial charge in [0.15, 0.2) is 0 Å². The number of ether oxygens (including phenoxy) is 1. The Balaban J connectivity index is 1.33. The van der Waals surface area contributed by atoms with Gasteiger partial charge in [0.25, 0.3) is 0 Å². The fourth-order valence-electron chi connectivity index (χ4n) is 4.88. The van der Waals surface area contributed by atoms with E-state index in [-0.39, 0.29) is 17.9 Å². The van der Waals surface area contributed by atoms with Crippen LogP contribution in [0.5, 0.6) is 5.88 Å². The molecule has 4 heterocycles. The summed E-state index contributed by atoms with van der Waals surface area (Å²) >= 11 is 0. The van der Waals surface area contributed by atoms with Crippen LogP contribution in [0.3, 0.4) is 0 Å². The minimum Gasteiger partial charge on any atom is -0.473 e. The second-order valence-electron chi connectivity index (χ2n) is 9.44. The molecular formula is C25H30N6O2. The van der Waals surface area contributed by atoms with E-state index in [9.17, 15) is 4.79 Å². The van der Waals surface area contributed by atoms with Crippen LogP contribution >= 0.6 is 0 Å². The third-order valence-corrected chi connectivity index (χ3v) is 7.08. The number of imidazole rings is 1. The molecule has 0 spiro atoms. The number of hydrogen-bond donors (Lipinski definition) is 2. The minimum absolute atomic E-state index is 0.0925. The highest BCUT2D eigenvalue weighted by Gasteiger charge is 2.31. The van der Waals surface area contributed by atoms with Gasteiger partial charge in [-0.25, -0.2) is 9.97 Å². The highest BCUT2D eigenvalue weighted by atomic mass is 16.5. The molecule has 6 rings (SSSR count). The van der Waals surface area contributed by atoms with Crippen LogP contribution in [-0.4, -0.2) is 59.3 Å². The summed E-state index contributed by atoms with van der Waals surface area (Å²) in [5.74, 6) is 0.855. The molecule has 1 aliphatic carbocycles. The Kier molecular flexibility index (Phi) is 5.17. The summed E-state index contributed by atoms with van der Waals surface area (Å²) in [5, 5.41) is 6.31. The van der Waals surface area contributed by atoms with E-state index in [1.807, 2.05) is 13.3 Å². The molecule has 8 nitrogen and oxygen atoms in total. The van der Waals surface area contributed by atoms with E-state index >= 15 is 0 Å². The first-order valence-electron chi connectivity index (χ1n) is 12.0. The molecule has 3 fully saturated rings. The topological polar surface area (TPSA) is 84.3 Å². The van der Waals surface area contributed by atoms with E-state index in [4.69, 9.17) is 14.7 Å². The van der Waals surface area contributed by atoms with Crippen molar-refractivity contribution in [1.82, 2.24) is 25.2 Å². The number of nitrogens with one attached hydrogen (secondary N) is 2. The average Bonchev–Trinajstić information content (AvgIpc) is 3.45. The summed E-state index contributed by atoms with van der Waals surface area (Å²) in [5.41, 5.74) is 5.01. The molecule has 8 heteroatoms. The van der Waals surface area contributed by atoms with Gasteiger partial charge in [-0.3, -0.25) is 4.79 Å². The van der Waals surface area contributed by atoms with Crippen molar-refractivity contribution in [1.29, 1.82) is 0 Å². The van der Waals surface area contributed by atoms with Crippen molar-refractivity contribution < 1.29 is 9.53 Å². The van der Waals surface area contributed by atoms with Crippen molar-refractivity contribution in [3.05, 3.63) is 36.7 Å². The predicted molar refractivity (Wildman–Crippen MR) is 128 cm³/mol. The van der Waals surface area contributed by atoms with E-state index in [1.54, 1.807) is 0 Å². The molecule has 2 atom stereocenters. The van der Waals surface area contributed by atoms with Crippen molar-refractivity contribution in [2.45, 2.75) is 38.3 Å². The number of amides is 1. The standard InChI is InChI=1S/C25H30N6O2/c1-16(18-12-23(32)27-14-18)33-25-24-22(28-15-31(24)20-6-7-20)13-21(29-25)17-2-4-19(5-3-17)30-10-8-26-9-11-30/h2-5,13,15-16,18,20,26H,6-12,14H2,1H3,(H,27,32)/t16-,18?/m1/s1. The van der Waals surface area contributed by atoms with Crippen molar-refractivity contribution >= 4 is 22.6 Å². The Labute approximate surface area is 193 Å². The largest absolute Gasteiger partial charge is 0.473 e. The van der Waals surface area contributed by atoms with E-state index in [0.29, 0.717) is 24.9 Å². The molecule has 1 unspecified atom stereocenters. The quantitative estimate of drug-likeness (QED) is 0.606. The lowest BCUT2D eigenvalue weighted by Gasteiger charge is -2.29. The van der Waals surface area contributed by atoms with Crippen LogP contribution in [0.4, 0.5) is 5.69 Å². The van der Waals surface area contributed by atoms with Gasteiger partial charge in [0.2, 0.25) is 11.8 Å². The van der Waals surface area contributed by atoms with E-state index in [1.165, 1.54) is 5.69 Å². The lowest BCUT2D eigenvalue weighted by atomic mass is 10.0. The van der Waals surface area contributed by atoms with Gasteiger partial charge in [-0.2, -0.15) is 0 Å². The molecular weight excluding hydrogens is 416 g/mol. The number of fused-ring (bicyclic) bond motifs is 1. The van der Waals surface area contributed by atoms with Gasteiger partial charge in [0, 0.05) is 62.4 Å². The molecule has 0 bridgehead atoms. The van der Waals surface area contributed by atoms with Gasteiger partial charge >= 0.3 is 0 Å².